The van der Waals surface area contributed by atoms with Gasteiger partial charge in [-0.25, -0.2) is 9.97 Å². The van der Waals surface area contributed by atoms with Gasteiger partial charge in [0, 0.05) is 22.7 Å². The second-order valence-corrected chi connectivity index (χ2v) is 7.94. The van der Waals surface area contributed by atoms with Crippen LogP contribution in [0.1, 0.15) is 55.0 Å². The van der Waals surface area contributed by atoms with Crippen LogP contribution in [0, 0.1) is 12.3 Å². The lowest BCUT2D eigenvalue weighted by atomic mass is 9.88. The maximum atomic E-state index is 11.0. The molecule has 0 unspecified atom stereocenters. The average molecular weight is 402 g/mol. The molecule has 0 bridgehead atoms. The Morgan fingerprint density at radius 2 is 1.67 bits per heavy atom. The number of nitrogen functional groups attached to an aromatic ring is 1. The molecule has 1 fully saturated rings. The maximum absolute atomic E-state index is 11.0. The monoisotopic (exact) mass is 401 g/mol. The molecule has 2 aromatic carbocycles. The molecule has 0 spiro atoms. The Labute approximate surface area is 176 Å². The zero-order chi connectivity index (χ0) is 21.1. The minimum Gasteiger partial charge on any atom is -0.503 e. The Morgan fingerprint density at radius 3 is 2.30 bits per heavy atom. The fourth-order valence-corrected chi connectivity index (χ4v) is 3.89. The quantitative estimate of drug-likeness (QED) is 0.346. The van der Waals surface area contributed by atoms with Gasteiger partial charge in [0.2, 0.25) is 0 Å². The number of hydrogen-bond acceptors (Lipinski definition) is 5. The highest BCUT2D eigenvalue weighted by Crippen LogP contribution is 2.38. The number of amidine groups is 1. The average Bonchev–Trinajstić information content (AvgIpc) is 2.77. The molecule has 0 saturated heterocycles. The fraction of sp³-hybridized carbons (Fsp3) is 0.292. The number of anilines is 2. The largest absolute Gasteiger partial charge is 0.503 e. The van der Waals surface area contributed by atoms with Crippen LogP contribution in [0.3, 0.4) is 0 Å². The van der Waals surface area contributed by atoms with Gasteiger partial charge in [0.25, 0.3) is 0 Å². The highest BCUT2D eigenvalue weighted by atomic mass is 16.3. The van der Waals surface area contributed by atoms with E-state index in [1.54, 1.807) is 12.1 Å². The summed E-state index contributed by atoms with van der Waals surface area (Å²) in [5, 5.41) is 21.8. The molecule has 1 heterocycles. The van der Waals surface area contributed by atoms with Gasteiger partial charge in [-0.2, -0.15) is 0 Å². The second kappa shape index (κ2) is 8.53. The molecule has 154 valence electrons. The van der Waals surface area contributed by atoms with Gasteiger partial charge in [-0.1, -0.05) is 49.1 Å². The van der Waals surface area contributed by atoms with E-state index in [0.29, 0.717) is 23.0 Å². The Bertz CT molecular complexity index is 1040. The van der Waals surface area contributed by atoms with Crippen molar-refractivity contribution in [2.24, 2.45) is 5.73 Å². The highest BCUT2D eigenvalue weighted by Gasteiger charge is 2.23. The molecule has 4 rings (SSSR count). The summed E-state index contributed by atoms with van der Waals surface area (Å²) in [6, 6.07) is 15.2. The second-order valence-electron chi connectivity index (χ2n) is 7.94. The normalized spacial score (nSPS) is 14.4. The zero-order valence-electron chi connectivity index (χ0n) is 17.2. The van der Waals surface area contributed by atoms with E-state index in [2.05, 4.69) is 5.32 Å². The summed E-state index contributed by atoms with van der Waals surface area (Å²) in [4.78, 5) is 9.50. The van der Waals surface area contributed by atoms with E-state index in [1.165, 1.54) is 19.3 Å². The summed E-state index contributed by atoms with van der Waals surface area (Å²) in [5.74, 6) is 1.55. The number of rotatable bonds is 5. The van der Waals surface area contributed by atoms with E-state index in [9.17, 15) is 5.11 Å². The van der Waals surface area contributed by atoms with Crippen LogP contribution in [0.5, 0.6) is 5.75 Å². The molecule has 1 aliphatic rings. The van der Waals surface area contributed by atoms with Gasteiger partial charge < -0.3 is 16.2 Å². The van der Waals surface area contributed by atoms with Gasteiger partial charge in [0.15, 0.2) is 11.6 Å². The number of aromatic hydroxyl groups is 1. The van der Waals surface area contributed by atoms with Crippen molar-refractivity contribution in [1.29, 1.82) is 5.41 Å². The van der Waals surface area contributed by atoms with Gasteiger partial charge in [0.05, 0.1) is 0 Å². The van der Waals surface area contributed by atoms with Crippen LogP contribution in [0.15, 0.2) is 48.5 Å². The van der Waals surface area contributed by atoms with Crippen molar-refractivity contribution >= 4 is 17.3 Å². The molecular formula is C24H27N5O. The molecule has 1 aliphatic carbocycles. The number of hydrogen-bond donors (Lipinski definition) is 4. The molecule has 30 heavy (non-hydrogen) atoms. The Kier molecular flexibility index (Phi) is 5.65. The first-order chi connectivity index (χ1) is 14.5. The lowest BCUT2D eigenvalue weighted by Gasteiger charge is -2.22. The van der Waals surface area contributed by atoms with Crippen LogP contribution >= 0.6 is 0 Å². The fourth-order valence-electron chi connectivity index (χ4n) is 3.89. The molecule has 1 saturated carbocycles. The summed E-state index contributed by atoms with van der Waals surface area (Å²) in [5.41, 5.74) is 9.53. The first-order valence-corrected chi connectivity index (χ1v) is 10.4. The number of aromatic nitrogens is 2. The van der Waals surface area contributed by atoms with E-state index < -0.39 is 0 Å². The van der Waals surface area contributed by atoms with Crippen LogP contribution in [-0.4, -0.2) is 20.9 Å². The van der Waals surface area contributed by atoms with E-state index >= 15 is 0 Å². The summed E-state index contributed by atoms with van der Waals surface area (Å²) >= 11 is 0. The highest BCUT2D eigenvalue weighted by molar-refractivity contribution is 5.95. The van der Waals surface area contributed by atoms with Crippen molar-refractivity contribution in [3.05, 3.63) is 65.5 Å². The van der Waals surface area contributed by atoms with Gasteiger partial charge in [-0.15, -0.1) is 0 Å². The minimum absolute atomic E-state index is 0.0210. The summed E-state index contributed by atoms with van der Waals surface area (Å²) < 4.78 is 0. The maximum Gasteiger partial charge on any atom is 0.185 e. The van der Waals surface area contributed by atoms with Crippen LogP contribution in [-0.2, 0) is 0 Å². The summed E-state index contributed by atoms with van der Waals surface area (Å²) in [6.45, 7) is 2.04. The Balaban J connectivity index is 1.74. The van der Waals surface area contributed by atoms with Crippen LogP contribution in [0.2, 0.25) is 0 Å². The topological polar surface area (TPSA) is 108 Å². The number of nitrogens with one attached hydrogen (secondary N) is 2. The SMILES string of the molecule is Cc1ccc(-c2nc(C3CCCCC3)nc(Nc3ccc(C(=N)N)cc3)c2O)cc1. The number of aryl methyl sites for hydroxylation is 1. The van der Waals surface area contributed by atoms with E-state index in [-0.39, 0.29) is 11.6 Å². The molecule has 6 nitrogen and oxygen atoms in total. The molecular weight excluding hydrogens is 374 g/mol. The van der Waals surface area contributed by atoms with Crippen molar-refractivity contribution in [3.8, 4) is 17.0 Å². The van der Waals surface area contributed by atoms with E-state index in [1.807, 2.05) is 43.3 Å². The van der Waals surface area contributed by atoms with Gasteiger partial charge >= 0.3 is 0 Å². The lowest BCUT2D eigenvalue weighted by Crippen LogP contribution is -2.12. The predicted molar refractivity (Wildman–Crippen MR) is 120 cm³/mol. The van der Waals surface area contributed by atoms with Crippen molar-refractivity contribution in [3.63, 3.8) is 0 Å². The molecule has 0 amide bonds. The molecule has 0 atom stereocenters. The number of nitrogens with two attached hydrogens (primary N) is 1. The molecule has 6 heteroatoms. The van der Waals surface area contributed by atoms with Crippen molar-refractivity contribution in [2.75, 3.05) is 5.32 Å². The van der Waals surface area contributed by atoms with Crippen molar-refractivity contribution < 1.29 is 5.11 Å². The van der Waals surface area contributed by atoms with E-state index in [0.717, 1.165) is 35.5 Å². The molecule has 0 aliphatic heterocycles. The number of nitrogens with zero attached hydrogens (tertiary/aromatic N) is 2. The third-order valence-corrected chi connectivity index (χ3v) is 5.66. The molecule has 5 N–H and O–H groups in total. The number of benzene rings is 2. The predicted octanol–water partition coefficient (Wildman–Crippen LogP) is 5.23. The minimum atomic E-state index is 0.0210. The van der Waals surface area contributed by atoms with E-state index in [4.69, 9.17) is 21.1 Å². The summed E-state index contributed by atoms with van der Waals surface area (Å²) in [7, 11) is 0. The Morgan fingerprint density at radius 1 is 1.00 bits per heavy atom. The standard InChI is InChI=1S/C24H27N5O/c1-15-7-9-16(10-8-15)20-21(30)24(27-19-13-11-17(12-14-19)22(25)26)29-23(28-20)18-5-3-2-4-6-18/h7-14,18,30H,2-6H2,1H3,(H3,25,26)(H,27,28,29). The van der Waals surface area contributed by atoms with Crippen LogP contribution in [0.25, 0.3) is 11.3 Å². The Hall–Kier alpha value is -3.41. The third-order valence-electron chi connectivity index (χ3n) is 5.66. The van der Waals surface area contributed by atoms with Gasteiger partial charge in [0.1, 0.15) is 17.4 Å². The molecule has 3 aromatic rings. The molecule has 0 radical (unpaired) electrons. The summed E-state index contributed by atoms with van der Waals surface area (Å²) in [6.07, 6.45) is 5.77. The first-order valence-electron chi connectivity index (χ1n) is 10.4. The van der Waals surface area contributed by atoms with Crippen molar-refractivity contribution in [2.45, 2.75) is 44.9 Å². The first kappa shape index (κ1) is 19.9. The van der Waals surface area contributed by atoms with Crippen LogP contribution in [0.4, 0.5) is 11.5 Å². The zero-order valence-corrected chi connectivity index (χ0v) is 17.2. The van der Waals surface area contributed by atoms with Gasteiger partial charge in [-0.3, -0.25) is 5.41 Å². The van der Waals surface area contributed by atoms with Crippen LogP contribution < -0.4 is 11.1 Å². The van der Waals surface area contributed by atoms with Crippen molar-refractivity contribution in [1.82, 2.24) is 9.97 Å². The lowest BCUT2D eigenvalue weighted by molar-refractivity contribution is 0.425. The third kappa shape index (κ3) is 4.27. The molecule has 1 aromatic heterocycles. The van der Waals surface area contributed by atoms with Gasteiger partial charge in [-0.05, 0) is 44.0 Å². The smallest absolute Gasteiger partial charge is 0.185 e.